The maximum Gasteiger partial charge on any atom is 0.339 e. The van der Waals surface area contributed by atoms with Crippen LogP contribution in [0, 0.1) is 10.1 Å². The minimum atomic E-state index is -4.09. The molecule has 0 aliphatic rings. The van der Waals surface area contributed by atoms with E-state index in [9.17, 15) is 18.5 Å². The molecule has 0 N–H and O–H groups in total. The molecule has 0 atom stereocenters. The lowest BCUT2D eigenvalue weighted by Crippen LogP contribution is -2.09. The molecule has 3 aromatic carbocycles. The second-order valence-electron chi connectivity index (χ2n) is 5.53. The number of non-ortho nitro benzene ring substituents is 1. The summed E-state index contributed by atoms with van der Waals surface area (Å²) in [5.41, 5.74) is 0.812. The van der Waals surface area contributed by atoms with Crippen molar-refractivity contribution in [2.45, 2.75) is 11.5 Å². The van der Waals surface area contributed by atoms with E-state index in [1.807, 2.05) is 30.3 Å². The zero-order valence-corrected chi connectivity index (χ0v) is 14.8. The SMILES string of the molecule is O=[N+]([O-])c1ccc(S(=O)(=O)Oc2ccc(OCc3ccccc3)cc2)cc1. The molecule has 8 heteroatoms. The molecule has 3 aromatic rings. The van der Waals surface area contributed by atoms with Gasteiger partial charge in [-0.2, -0.15) is 8.42 Å². The first kappa shape index (κ1) is 18.4. The molecular weight excluding hydrogens is 370 g/mol. The Morgan fingerprint density at radius 3 is 2.00 bits per heavy atom. The molecule has 7 nitrogen and oxygen atoms in total. The Hall–Kier alpha value is -3.39. The lowest BCUT2D eigenvalue weighted by atomic mass is 10.2. The van der Waals surface area contributed by atoms with Gasteiger partial charge in [0, 0.05) is 12.1 Å². The molecule has 0 heterocycles. The summed E-state index contributed by atoms with van der Waals surface area (Å²) >= 11 is 0. The van der Waals surface area contributed by atoms with Crippen molar-refractivity contribution in [2.75, 3.05) is 0 Å². The second kappa shape index (κ2) is 7.88. The molecule has 0 unspecified atom stereocenters. The Kier molecular flexibility index (Phi) is 5.37. The Bertz CT molecular complexity index is 1020. The number of nitro benzene ring substituents is 1. The lowest BCUT2D eigenvalue weighted by molar-refractivity contribution is -0.384. The minimum Gasteiger partial charge on any atom is -0.489 e. The van der Waals surface area contributed by atoms with Crippen molar-refractivity contribution in [1.29, 1.82) is 0 Å². The van der Waals surface area contributed by atoms with Gasteiger partial charge in [-0.15, -0.1) is 0 Å². The summed E-state index contributed by atoms with van der Waals surface area (Å²) in [6.07, 6.45) is 0. The average Bonchev–Trinajstić information content (AvgIpc) is 2.68. The summed E-state index contributed by atoms with van der Waals surface area (Å²) < 4.78 is 35.2. The molecule has 0 saturated heterocycles. The van der Waals surface area contributed by atoms with Crippen LogP contribution in [-0.4, -0.2) is 13.3 Å². The van der Waals surface area contributed by atoms with Crippen LogP contribution in [0.15, 0.2) is 83.8 Å². The predicted octanol–water partition coefficient (Wildman–Crippen LogP) is 3.94. The smallest absolute Gasteiger partial charge is 0.339 e. The van der Waals surface area contributed by atoms with Gasteiger partial charge < -0.3 is 8.92 Å². The normalized spacial score (nSPS) is 11.0. The van der Waals surface area contributed by atoms with Crippen molar-refractivity contribution in [2.24, 2.45) is 0 Å². The molecule has 0 saturated carbocycles. The molecule has 0 aliphatic carbocycles. The van der Waals surface area contributed by atoms with Crippen LogP contribution in [-0.2, 0) is 16.7 Å². The van der Waals surface area contributed by atoms with Gasteiger partial charge in [-0.1, -0.05) is 30.3 Å². The van der Waals surface area contributed by atoms with Crippen molar-refractivity contribution in [1.82, 2.24) is 0 Å². The lowest BCUT2D eigenvalue weighted by Gasteiger charge is -2.09. The molecule has 0 amide bonds. The third-order valence-corrected chi connectivity index (χ3v) is 4.88. The van der Waals surface area contributed by atoms with E-state index in [1.165, 1.54) is 12.1 Å². The van der Waals surface area contributed by atoms with Crippen molar-refractivity contribution >= 4 is 15.8 Å². The van der Waals surface area contributed by atoms with E-state index < -0.39 is 15.0 Å². The van der Waals surface area contributed by atoms with Crippen LogP contribution in [0.5, 0.6) is 11.5 Å². The van der Waals surface area contributed by atoms with Gasteiger partial charge in [0.2, 0.25) is 0 Å². The standard InChI is InChI=1S/C19H15NO6S/c21-20(22)16-6-12-19(13-7-16)27(23,24)26-18-10-8-17(9-11-18)25-14-15-4-2-1-3-5-15/h1-13H,14H2. The summed E-state index contributed by atoms with van der Waals surface area (Å²) in [7, 11) is -4.09. The van der Waals surface area contributed by atoms with E-state index in [1.54, 1.807) is 12.1 Å². The third-order valence-electron chi connectivity index (χ3n) is 3.61. The first-order valence-electron chi connectivity index (χ1n) is 7.90. The highest BCUT2D eigenvalue weighted by atomic mass is 32.2. The van der Waals surface area contributed by atoms with Crippen molar-refractivity contribution in [3.8, 4) is 11.5 Å². The molecule has 0 spiro atoms. The summed E-state index contributed by atoms with van der Waals surface area (Å²) in [6.45, 7) is 0.391. The zero-order valence-electron chi connectivity index (χ0n) is 14.0. The van der Waals surface area contributed by atoms with Crippen molar-refractivity contribution < 1.29 is 22.3 Å². The largest absolute Gasteiger partial charge is 0.489 e. The molecule has 0 radical (unpaired) electrons. The molecule has 0 aromatic heterocycles. The first-order valence-corrected chi connectivity index (χ1v) is 9.31. The van der Waals surface area contributed by atoms with E-state index in [0.29, 0.717) is 12.4 Å². The van der Waals surface area contributed by atoms with E-state index in [0.717, 1.165) is 29.8 Å². The minimum absolute atomic E-state index is 0.111. The Balaban J connectivity index is 1.65. The van der Waals surface area contributed by atoms with Crippen LogP contribution in [0.1, 0.15) is 5.56 Å². The fraction of sp³-hybridized carbons (Fsp3) is 0.0526. The van der Waals surface area contributed by atoms with E-state index >= 15 is 0 Å². The van der Waals surface area contributed by atoms with E-state index in [2.05, 4.69) is 0 Å². The predicted molar refractivity (Wildman–Crippen MR) is 98.1 cm³/mol. The summed E-state index contributed by atoms with van der Waals surface area (Å²) in [4.78, 5) is 9.87. The highest BCUT2D eigenvalue weighted by Gasteiger charge is 2.18. The Morgan fingerprint density at radius 2 is 1.41 bits per heavy atom. The number of ether oxygens (including phenoxy) is 1. The Labute approximate surface area is 156 Å². The molecule has 27 heavy (non-hydrogen) atoms. The maximum absolute atomic E-state index is 12.3. The van der Waals surface area contributed by atoms with Gasteiger partial charge in [-0.05, 0) is 42.0 Å². The highest BCUT2D eigenvalue weighted by Crippen LogP contribution is 2.23. The fourth-order valence-corrected chi connectivity index (χ4v) is 3.17. The van der Waals surface area contributed by atoms with Crippen LogP contribution in [0.25, 0.3) is 0 Å². The van der Waals surface area contributed by atoms with Crippen molar-refractivity contribution in [3.05, 3.63) is 94.5 Å². The van der Waals surface area contributed by atoms with Gasteiger partial charge in [-0.3, -0.25) is 10.1 Å². The fourth-order valence-electron chi connectivity index (χ4n) is 2.24. The van der Waals surface area contributed by atoms with Gasteiger partial charge in [0.25, 0.3) is 5.69 Å². The molecule has 138 valence electrons. The van der Waals surface area contributed by atoms with Crippen LogP contribution < -0.4 is 8.92 Å². The number of benzene rings is 3. The van der Waals surface area contributed by atoms with Gasteiger partial charge in [0.15, 0.2) is 0 Å². The Morgan fingerprint density at radius 1 is 0.815 bits per heavy atom. The topological polar surface area (TPSA) is 95.7 Å². The van der Waals surface area contributed by atoms with Gasteiger partial charge in [-0.25, -0.2) is 0 Å². The molecule has 3 rings (SSSR count). The van der Waals surface area contributed by atoms with Gasteiger partial charge in [0.05, 0.1) is 4.92 Å². The summed E-state index contributed by atoms with van der Waals surface area (Å²) in [6, 6.07) is 20.3. The van der Waals surface area contributed by atoms with E-state index in [4.69, 9.17) is 8.92 Å². The third kappa shape index (κ3) is 4.83. The summed E-state index contributed by atoms with van der Waals surface area (Å²) in [5, 5.41) is 10.6. The number of hydrogen-bond acceptors (Lipinski definition) is 6. The van der Waals surface area contributed by atoms with Crippen LogP contribution in [0.2, 0.25) is 0 Å². The average molecular weight is 385 g/mol. The van der Waals surface area contributed by atoms with Crippen LogP contribution >= 0.6 is 0 Å². The van der Waals surface area contributed by atoms with Crippen LogP contribution in [0.3, 0.4) is 0 Å². The number of rotatable bonds is 7. The van der Waals surface area contributed by atoms with Crippen LogP contribution in [0.4, 0.5) is 5.69 Å². The van der Waals surface area contributed by atoms with E-state index in [-0.39, 0.29) is 16.3 Å². The van der Waals surface area contributed by atoms with Gasteiger partial charge >= 0.3 is 10.1 Å². The monoisotopic (exact) mass is 385 g/mol. The molecule has 0 bridgehead atoms. The summed E-state index contributed by atoms with van der Waals surface area (Å²) in [5.74, 6) is 0.680. The molecular formula is C19H15NO6S. The molecule has 0 aliphatic heterocycles. The number of nitrogens with zero attached hydrogens (tertiary/aromatic N) is 1. The quantitative estimate of drug-likeness (QED) is 0.347. The molecule has 0 fully saturated rings. The highest BCUT2D eigenvalue weighted by molar-refractivity contribution is 7.87. The zero-order chi connectivity index (χ0) is 19.3. The number of nitro groups is 1. The number of hydrogen-bond donors (Lipinski definition) is 0. The van der Waals surface area contributed by atoms with Gasteiger partial charge in [0.1, 0.15) is 23.0 Å². The first-order chi connectivity index (χ1) is 12.9. The second-order valence-corrected chi connectivity index (χ2v) is 7.08. The maximum atomic E-state index is 12.3. The van der Waals surface area contributed by atoms with Crippen molar-refractivity contribution in [3.63, 3.8) is 0 Å².